The molecule has 0 bridgehead atoms. The highest BCUT2D eigenvalue weighted by molar-refractivity contribution is 5.92. The highest BCUT2D eigenvalue weighted by atomic mass is 16.2. The highest BCUT2D eigenvalue weighted by Crippen LogP contribution is 2.25. The van der Waals surface area contributed by atoms with Crippen LogP contribution in [0, 0.1) is 13.8 Å². The standard InChI is InChI=1S/C15H21N5O/c1-4-19-8-6-14(17-19)15(21)18-7-5-13(10-18)20-11(2)9-16-12(20)3/h6,8-9,13H,4-5,7,10H2,1-3H3. The Bertz CT molecular complexity index is 637. The van der Waals surface area contributed by atoms with E-state index in [1.165, 1.54) is 0 Å². The third-order valence-electron chi connectivity index (χ3n) is 4.17. The predicted octanol–water partition coefficient (Wildman–Crippen LogP) is 1.80. The zero-order valence-electron chi connectivity index (χ0n) is 12.8. The van der Waals surface area contributed by atoms with Crippen LogP contribution in [0.1, 0.15) is 41.4 Å². The molecule has 1 amide bonds. The summed E-state index contributed by atoms with van der Waals surface area (Å²) in [6.07, 6.45) is 4.71. The molecule has 112 valence electrons. The van der Waals surface area contributed by atoms with Crippen molar-refractivity contribution < 1.29 is 4.79 Å². The Morgan fingerprint density at radius 2 is 2.24 bits per heavy atom. The zero-order valence-corrected chi connectivity index (χ0v) is 12.8. The summed E-state index contributed by atoms with van der Waals surface area (Å²) in [5, 5.41) is 4.30. The van der Waals surface area contributed by atoms with E-state index in [0.717, 1.165) is 37.6 Å². The number of hydrogen-bond donors (Lipinski definition) is 0. The molecule has 1 saturated heterocycles. The molecular formula is C15H21N5O. The minimum Gasteiger partial charge on any atom is -0.335 e. The zero-order chi connectivity index (χ0) is 15.0. The Kier molecular flexibility index (Phi) is 3.53. The summed E-state index contributed by atoms with van der Waals surface area (Å²) in [6.45, 7) is 8.38. The second-order valence-electron chi connectivity index (χ2n) is 5.57. The third-order valence-corrected chi connectivity index (χ3v) is 4.17. The van der Waals surface area contributed by atoms with Gasteiger partial charge in [-0.15, -0.1) is 0 Å². The molecule has 21 heavy (non-hydrogen) atoms. The molecule has 0 N–H and O–H groups in total. The van der Waals surface area contributed by atoms with Gasteiger partial charge in [0, 0.05) is 37.7 Å². The summed E-state index contributed by atoms with van der Waals surface area (Å²) in [5.74, 6) is 1.04. The minimum absolute atomic E-state index is 0.0279. The summed E-state index contributed by atoms with van der Waals surface area (Å²) in [6, 6.07) is 2.12. The van der Waals surface area contributed by atoms with Gasteiger partial charge in [0.15, 0.2) is 0 Å². The van der Waals surface area contributed by atoms with Crippen molar-refractivity contribution in [2.45, 2.75) is 39.8 Å². The monoisotopic (exact) mass is 287 g/mol. The van der Waals surface area contributed by atoms with E-state index in [9.17, 15) is 4.79 Å². The van der Waals surface area contributed by atoms with Crippen molar-refractivity contribution in [1.29, 1.82) is 0 Å². The van der Waals surface area contributed by atoms with Crippen LogP contribution in [-0.4, -0.2) is 43.2 Å². The number of amides is 1. The van der Waals surface area contributed by atoms with E-state index in [1.54, 1.807) is 10.7 Å². The number of hydrogen-bond acceptors (Lipinski definition) is 3. The van der Waals surface area contributed by atoms with Crippen LogP contribution in [0.25, 0.3) is 0 Å². The molecule has 6 heteroatoms. The fourth-order valence-electron chi connectivity index (χ4n) is 3.07. The molecular weight excluding hydrogens is 266 g/mol. The van der Waals surface area contributed by atoms with Crippen LogP contribution >= 0.6 is 0 Å². The van der Waals surface area contributed by atoms with E-state index in [-0.39, 0.29) is 5.91 Å². The molecule has 1 unspecified atom stereocenters. The van der Waals surface area contributed by atoms with Crippen molar-refractivity contribution in [3.63, 3.8) is 0 Å². The molecule has 6 nitrogen and oxygen atoms in total. The van der Waals surface area contributed by atoms with Crippen molar-refractivity contribution in [2.75, 3.05) is 13.1 Å². The van der Waals surface area contributed by atoms with Crippen molar-refractivity contribution in [1.82, 2.24) is 24.2 Å². The first-order chi connectivity index (χ1) is 10.1. The molecule has 1 atom stereocenters. The summed E-state index contributed by atoms with van der Waals surface area (Å²) in [4.78, 5) is 18.7. The van der Waals surface area contributed by atoms with Gasteiger partial charge in [-0.2, -0.15) is 5.10 Å². The lowest BCUT2D eigenvalue weighted by Gasteiger charge is -2.18. The van der Waals surface area contributed by atoms with Gasteiger partial charge in [0.1, 0.15) is 11.5 Å². The molecule has 1 aliphatic rings. The summed E-state index contributed by atoms with van der Waals surface area (Å²) in [5.41, 5.74) is 1.69. The fourth-order valence-corrected chi connectivity index (χ4v) is 3.07. The number of imidazole rings is 1. The molecule has 0 aromatic carbocycles. The van der Waals surface area contributed by atoms with Gasteiger partial charge in [0.2, 0.25) is 0 Å². The van der Waals surface area contributed by atoms with Crippen LogP contribution in [-0.2, 0) is 6.54 Å². The van der Waals surface area contributed by atoms with Crippen molar-refractivity contribution in [2.24, 2.45) is 0 Å². The summed E-state index contributed by atoms with van der Waals surface area (Å²) >= 11 is 0. The van der Waals surface area contributed by atoms with Crippen LogP contribution in [0.5, 0.6) is 0 Å². The highest BCUT2D eigenvalue weighted by Gasteiger charge is 2.30. The molecule has 0 spiro atoms. The van der Waals surface area contributed by atoms with Gasteiger partial charge < -0.3 is 9.47 Å². The van der Waals surface area contributed by atoms with E-state index < -0.39 is 0 Å². The molecule has 2 aromatic rings. The second-order valence-corrected chi connectivity index (χ2v) is 5.57. The first-order valence-electron chi connectivity index (χ1n) is 7.43. The van der Waals surface area contributed by atoms with Gasteiger partial charge in [0.05, 0.1) is 6.04 Å². The fraction of sp³-hybridized carbons (Fsp3) is 0.533. The van der Waals surface area contributed by atoms with E-state index in [1.807, 2.05) is 31.1 Å². The molecule has 1 aliphatic heterocycles. The van der Waals surface area contributed by atoms with E-state index >= 15 is 0 Å². The van der Waals surface area contributed by atoms with Crippen molar-refractivity contribution in [3.8, 4) is 0 Å². The molecule has 3 heterocycles. The molecule has 1 fully saturated rings. The average molecular weight is 287 g/mol. The maximum atomic E-state index is 12.5. The summed E-state index contributed by atoms with van der Waals surface area (Å²) < 4.78 is 4.02. The number of carbonyl (C=O) groups is 1. The van der Waals surface area contributed by atoms with Crippen LogP contribution in [0.3, 0.4) is 0 Å². The minimum atomic E-state index is 0.0279. The molecule has 3 rings (SSSR count). The average Bonchev–Trinajstić information content (AvgIpc) is 3.18. The Morgan fingerprint density at radius 1 is 1.43 bits per heavy atom. The predicted molar refractivity (Wildman–Crippen MR) is 79.2 cm³/mol. The third kappa shape index (κ3) is 2.46. The lowest BCUT2D eigenvalue weighted by Crippen LogP contribution is -2.29. The maximum Gasteiger partial charge on any atom is 0.274 e. The van der Waals surface area contributed by atoms with E-state index in [4.69, 9.17) is 0 Å². The number of carbonyl (C=O) groups excluding carboxylic acids is 1. The van der Waals surface area contributed by atoms with Gasteiger partial charge in [-0.05, 0) is 33.3 Å². The Balaban J connectivity index is 1.73. The second kappa shape index (κ2) is 5.35. The smallest absolute Gasteiger partial charge is 0.274 e. The first kappa shape index (κ1) is 13.9. The molecule has 2 aromatic heterocycles. The van der Waals surface area contributed by atoms with Gasteiger partial charge in [0.25, 0.3) is 5.91 Å². The lowest BCUT2D eigenvalue weighted by atomic mass is 10.2. The van der Waals surface area contributed by atoms with Crippen LogP contribution in [0.2, 0.25) is 0 Å². The van der Waals surface area contributed by atoms with Gasteiger partial charge in [-0.25, -0.2) is 4.98 Å². The molecule has 0 saturated carbocycles. The quantitative estimate of drug-likeness (QED) is 0.865. The van der Waals surface area contributed by atoms with E-state index in [2.05, 4.69) is 21.6 Å². The van der Waals surface area contributed by atoms with Crippen molar-refractivity contribution in [3.05, 3.63) is 35.7 Å². The van der Waals surface area contributed by atoms with Crippen LogP contribution < -0.4 is 0 Å². The number of nitrogens with zero attached hydrogens (tertiary/aromatic N) is 5. The Labute approximate surface area is 124 Å². The first-order valence-corrected chi connectivity index (χ1v) is 7.43. The molecule has 0 radical (unpaired) electrons. The number of likely N-dealkylation sites (tertiary alicyclic amines) is 1. The van der Waals surface area contributed by atoms with Gasteiger partial charge in [-0.3, -0.25) is 9.48 Å². The van der Waals surface area contributed by atoms with Crippen LogP contribution in [0.4, 0.5) is 0 Å². The largest absolute Gasteiger partial charge is 0.335 e. The summed E-state index contributed by atoms with van der Waals surface area (Å²) in [7, 11) is 0. The Hall–Kier alpha value is -2.11. The van der Waals surface area contributed by atoms with Gasteiger partial charge in [-0.1, -0.05) is 0 Å². The molecule has 0 aliphatic carbocycles. The van der Waals surface area contributed by atoms with Crippen molar-refractivity contribution >= 4 is 5.91 Å². The van der Waals surface area contributed by atoms with Crippen LogP contribution in [0.15, 0.2) is 18.5 Å². The Morgan fingerprint density at radius 3 is 2.86 bits per heavy atom. The van der Waals surface area contributed by atoms with E-state index in [0.29, 0.717) is 11.7 Å². The topological polar surface area (TPSA) is 56.0 Å². The normalized spacial score (nSPS) is 18.4. The number of aryl methyl sites for hydroxylation is 3. The lowest BCUT2D eigenvalue weighted by molar-refractivity contribution is 0.0780. The number of aromatic nitrogens is 4. The van der Waals surface area contributed by atoms with Gasteiger partial charge >= 0.3 is 0 Å². The number of rotatable bonds is 3. The maximum absolute atomic E-state index is 12.5. The SMILES string of the molecule is CCn1ccc(C(=O)N2CCC(n3c(C)cnc3C)C2)n1.